The summed E-state index contributed by atoms with van der Waals surface area (Å²) in [5.41, 5.74) is 3.19. The Morgan fingerprint density at radius 2 is 2.17 bits per heavy atom. The van der Waals surface area contributed by atoms with Crippen molar-refractivity contribution in [2.45, 2.75) is 37.9 Å². The molecule has 7 nitrogen and oxygen atoms in total. The Morgan fingerprint density at radius 3 is 2.88 bits per heavy atom. The Labute approximate surface area is 145 Å². The number of benzene rings is 1. The maximum atomic E-state index is 12.0. The molecule has 1 aliphatic rings. The second kappa shape index (κ2) is 7.76. The molecule has 1 amide bonds. The first-order chi connectivity index (χ1) is 11.6. The number of thioether (sulfide) groups is 1. The molecule has 24 heavy (non-hydrogen) atoms. The van der Waals surface area contributed by atoms with E-state index in [-0.39, 0.29) is 17.8 Å². The van der Waals surface area contributed by atoms with Gasteiger partial charge in [0.25, 0.3) is 0 Å². The van der Waals surface area contributed by atoms with E-state index in [0.29, 0.717) is 11.7 Å². The zero-order chi connectivity index (χ0) is 16.9. The van der Waals surface area contributed by atoms with Crippen molar-refractivity contribution in [2.24, 2.45) is 0 Å². The number of hydrogen-bond donors (Lipinski definition) is 1. The van der Waals surface area contributed by atoms with Crippen LogP contribution in [-0.2, 0) is 9.53 Å². The minimum Gasteiger partial charge on any atom is -0.376 e. The smallest absolute Gasteiger partial charge is 0.230 e. The molecule has 1 aliphatic heterocycles. The Balaban J connectivity index is 1.58. The lowest BCUT2D eigenvalue weighted by Crippen LogP contribution is -2.32. The van der Waals surface area contributed by atoms with Crippen molar-refractivity contribution in [1.82, 2.24) is 25.5 Å². The van der Waals surface area contributed by atoms with E-state index in [1.165, 1.54) is 11.8 Å². The number of ether oxygens (including phenoxy) is 1. The molecule has 1 N–H and O–H groups in total. The van der Waals surface area contributed by atoms with Gasteiger partial charge in [0.15, 0.2) is 0 Å². The highest BCUT2D eigenvalue weighted by atomic mass is 32.2. The van der Waals surface area contributed by atoms with Gasteiger partial charge in [-0.15, -0.1) is 5.10 Å². The SMILES string of the molecule is Cc1cc(C)cc(-n2nnnc2SCC(=O)NC[C@H]2CCCO2)c1. The van der Waals surface area contributed by atoms with E-state index in [0.717, 1.165) is 36.3 Å². The monoisotopic (exact) mass is 347 g/mol. The van der Waals surface area contributed by atoms with E-state index in [4.69, 9.17) is 4.74 Å². The first kappa shape index (κ1) is 16.9. The molecule has 128 valence electrons. The van der Waals surface area contributed by atoms with Gasteiger partial charge < -0.3 is 10.1 Å². The summed E-state index contributed by atoms with van der Waals surface area (Å²) in [4.78, 5) is 12.0. The highest BCUT2D eigenvalue weighted by Crippen LogP contribution is 2.20. The first-order valence-electron chi connectivity index (χ1n) is 8.00. The third-order valence-electron chi connectivity index (χ3n) is 3.78. The lowest BCUT2D eigenvalue weighted by Gasteiger charge is -2.10. The van der Waals surface area contributed by atoms with Gasteiger partial charge in [-0.2, -0.15) is 4.68 Å². The number of amides is 1. The number of nitrogens with one attached hydrogen (secondary N) is 1. The second-order valence-corrected chi connectivity index (χ2v) is 6.89. The van der Waals surface area contributed by atoms with Crippen molar-refractivity contribution in [3.8, 4) is 5.69 Å². The average Bonchev–Trinajstić information content (AvgIpc) is 3.21. The van der Waals surface area contributed by atoms with E-state index in [1.807, 2.05) is 26.0 Å². The minimum absolute atomic E-state index is 0.0366. The number of carbonyl (C=O) groups is 1. The van der Waals surface area contributed by atoms with Crippen molar-refractivity contribution in [1.29, 1.82) is 0 Å². The summed E-state index contributed by atoms with van der Waals surface area (Å²) < 4.78 is 7.16. The third kappa shape index (κ3) is 4.33. The molecule has 1 aromatic heterocycles. The molecular weight excluding hydrogens is 326 g/mol. The first-order valence-corrected chi connectivity index (χ1v) is 8.98. The standard InChI is InChI=1S/C16H21N5O2S/c1-11-6-12(2)8-13(7-11)21-16(18-19-20-21)24-10-15(22)17-9-14-4-3-5-23-14/h6-8,14H,3-5,9-10H2,1-2H3,(H,17,22)/t14-/m1/s1. The molecule has 0 spiro atoms. The molecule has 1 saturated heterocycles. The molecule has 8 heteroatoms. The van der Waals surface area contributed by atoms with Crippen LogP contribution in [0.4, 0.5) is 0 Å². The van der Waals surface area contributed by atoms with E-state index >= 15 is 0 Å². The van der Waals surface area contributed by atoms with Crippen LogP contribution in [0.25, 0.3) is 5.69 Å². The van der Waals surface area contributed by atoms with Crippen molar-refractivity contribution in [3.05, 3.63) is 29.3 Å². The molecule has 1 fully saturated rings. The summed E-state index contributed by atoms with van der Waals surface area (Å²) in [6, 6.07) is 6.13. The van der Waals surface area contributed by atoms with Crippen molar-refractivity contribution in [2.75, 3.05) is 18.9 Å². The van der Waals surface area contributed by atoms with Gasteiger partial charge in [0.1, 0.15) is 0 Å². The van der Waals surface area contributed by atoms with E-state index in [9.17, 15) is 4.79 Å². The molecule has 3 rings (SSSR count). The van der Waals surface area contributed by atoms with Crippen LogP contribution in [0.3, 0.4) is 0 Å². The van der Waals surface area contributed by atoms with Crippen LogP contribution >= 0.6 is 11.8 Å². The van der Waals surface area contributed by atoms with Crippen LogP contribution in [0.15, 0.2) is 23.4 Å². The molecule has 0 radical (unpaired) electrons. The van der Waals surface area contributed by atoms with E-state index in [1.54, 1.807) is 4.68 Å². The minimum atomic E-state index is -0.0366. The summed E-state index contributed by atoms with van der Waals surface area (Å²) in [5, 5.41) is 15.3. The fraction of sp³-hybridized carbons (Fsp3) is 0.500. The molecule has 1 aromatic carbocycles. The second-order valence-electron chi connectivity index (χ2n) is 5.95. The summed E-state index contributed by atoms with van der Waals surface area (Å²) in [6.07, 6.45) is 2.23. The zero-order valence-corrected chi connectivity index (χ0v) is 14.7. The van der Waals surface area contributed by atoms with E-state index < -0.39 is 0 Å². The number of tetrazole rings is 1. The number of aromatic nitrogens is 4. The van der Waals surface area contributed by atoms with E-state index in [2.05, 4.69) is 26.9 Å². The molecule has 0 saturated carbocycles. The lowest BCUT2D eigenvalue weighted by molar-refractivity contribution is -0.119. The molecule has 0 aliphatic carbocycles. The summed E-state index contributed by atoms with van der Waals surface area (Å²) in [5.74, 6) is 0.239. The zero-order valence-electron chi connectivity index (χ0n) is 13.9. The van der Waals surface area contributed by atoms with Gasteiger partial charge in [0.2, 0.25) is 11.1 Å². The number of rotatable bonds is 6. The van der Waals surface area contributed by atoms with Gasteiger partial charge in [-0.1, -0.05) is 17.8 Å². The van der Waals surface area contributed by atoms with Crippen molar-refractivity contribution < 1.29 is 9.53 Å². The molecule has 2 aromatic rings. The van der Waals surface area contributed by atoms with Crippen molar-refractivity contribution in [3.63, 3.8) is 0 Å². The Hall–Kier alpha value is -1.93. The van der Waals surface area contributed by atoms with Crippen molar-refractivity contribution >= 4 is 17.7 Å². The maximum Gasteiger partial charge on any atom is 0.230 e. The highest BCUT2D eigenvalue weighted by Gasteiger charge is 2.17. The normalized spacial score (nSPS) is 17.2. The molecule has 1 atom stereocenters. The lowest BCUT2D eigenvalue weighted by atomic mass is 10.1. The highest BCUT2D eigenvalue weighted by molar-refractivity contribution is 7.99. The molecule has 0 unspecified atom stereocenters. The van der Waals surface area contributed by atoms with Crippen LogP contribution in [0.5, 0.6) is 0 Å². The predicted molar refractivity (Wildman–Crippen MR) is 91.3 cm³/mol. The Morgan fingerprint density at radius 1 is 1.38 bits per heavy atom. The quantitative estimate of drug-likeness (QED) is 0.801. The Bertz CT molecular complexity index is 692. The van der Waals surface area contributed by atoms with Gasteiger partial charge in [0, 0.05) is 13.2 Å². The number of carbonyl (C=O) groups excluding carboxylic acids is 1. The fourth-order valence-corrected chi connectivity index (χ4v) is 3.44. The summed E-state index contributed by atoms with van der Waals surface area (Å²) >= 11 is 1.32. The average molecular weight is 347 g/mol. The largest absolute Gasteiger partial charge is 0.376 e. The fourth-order valence-electron chi connectivity index (χ4n) is 2.72. The predicted octanol–water partition coefficient (Wildman–Crippen LogP) is 1.67. The topological polar surface area (TPSA) is 81.9 Å². The van der Waals surface area contributed by atoms with Gasteiger partial charge in [-0.05, 0) is 60.4 Å². The van der Waals surface area contributed by atoms with Gasteiger partial charge in [-0.3, -0.25) is 4.79 Å². The number of hydrogen-bond acceptors (Lipinski definition) is 6. The van der Waals surface area contributed by atoms with Crippen LogP contribution in [0.1, 0.15) is 24.0 Å². The van der Waals surface area contributed by atoms with Gasteiger partial charge in [0.05, 0.1) is 17.5 Å². The molecular formula is C16H21N5O2S. The van der Waals surface area contributed by atoms with Crippen LogP contribution in [0, 0.1) is 13.8 Å². The maximum absolute atomic E-state index is 12.0. The van der Waals surface area contributed by atoms with Crippen LogP contribution in [0.2, 0.25) is 0 Å². The third-order valence-corrected chi connectivity index (χ3v) is 4.69. The van der Waals surface area contributed by atoms with Gasteiger partial charge >= 0.3 is 0 Å². The van der Waals surface area contributed by atoms with Crippen LogP contribution in [-0.4, -0.2) is 51.1 Å². The Kier molecular flexibility index (Phi) is 5.47. The molecule has 0 bridgehead atoms. The number of nitrogens with zero attached hydrogens (tertiary/aromatic N) is 4. The summed E-state index contributed by atoms with van der Waals surface area (Å²) in [7, 11) is 0. The molecule has 2 heterocycles. The number of aryl methyl sites for hydroxylation is 2. The summed E-state index contributed by atoms with van der Waals surface area (Å²) in [6.45, 7) is 5.43. The van der Waals surface area contributed by atoms with Crippen LogP contribution < -0.4 is 5.32 Å². The van der Waals surface area contributed by atoms with Gasteiger partial charge in [-0.25, -0.2) is 0 Å².